The number of carbonyl (C=O) groups is 1. The van der Waals surface area contributed by atoms with E-state index in [0.717, 1.165) is 41.0 Å². The van der Waals surface area contributed by atoms with Crippen molar-refractivity contribution in [3.05, 3.63) is 60.1 Å². The molecule has 35 heavy (non-hydrogen) atoms. The van der Waals surface area contributed by atoms with Crippen molar-refractivity contribution in [2.45, 2.75) is 0 Å². The van der Waals surface area contributed by atoms with Crippen LogP contribution < -0.4 is 10.2 Å². The lowest BCUT2D eigenvalue weighted by atomic mass is 9.99. The molecule has 2 aromatic heterocycles. The summed E-state index contributed by atoms with van der Waals surface area (Å²) in [4.78, 5) is 18.5. The summed E-state index contributed by atoms with van der Waals surface area (Å²) < 4.78 is 1.70. The van der Waals surface area contributed by atoms with Crippen LogP contribution in [0.5, 0.6) is 0 Å². The van der Waals surface area contributed by atoms with Gasteiger partial charge in [-0.05, 0) is 37.9 Å². The maximum atomic E-state index is 12.3. The van der Waals surface area contributed by atoms with Gasteiger partial charge < -0.3 is 25.4 Å². The van der Waals surface area contributed by atoms with E-state index in [0.29, 0.717) is 30.8 Å². The minimum Gasteiger partial charge on any atom is -0.393 e. The first kappa shape index (κ1) is 24.0. The van der Waals surface area contributed by atoms with Gasteiger partial charge in [-0.25, -0.2) is 4.52 Å². The minimum atomic E-state index is 0.166. The van der Waals surface area contributed by atoms with E-state index in [9.17, 15) is 10.1 Å². The van der Waals surface area contributed by atoms with E-state index < -0.39 is 0 Å². The predicted molar refractivity (Wildman–Crippen MR) is 139 cm³/mol. The number of hydrogen-bond acceptors (Lipinski definition) is 7. The van der Waals surface area contributed by atoms with Gasteiger partial charge in [0.1, 0.15) is 6.07 Å². The van der Waals surface area contributed by atoms with E-state index in [1.165, 1.54) is 6.21 Å². The average molecular weight is 471 g/mol. The Balaban J connectivity index is 1.61. The lowest BCUT2D eigenvalue weighted by molar-refractivity contribution is -0.132. The Morgan fingerprint density at radius 1 is 1.23 bits per heavy atom. The predicted octanol–water partition coefficient (Wildman–Crippen LogP) is 2.29. The van der Waals surface area contributed by atoms with Crippen molar-refractivity contribution >= 4 is 28.9 Å². The summed E-state index contributed by atoms with van der Waals surface area (Å²) in [5.74, 6) is 0.166. The monoisotopic (exact) mass is 470 g/mol. The fourth-order valence-electron chi connectivity index (χ4n) is 4.38. The maximum Gasteiger partial charge on any atom is 0.236 e. The number of anilines is 1. The minimum absolute atomic E-state index is 0.166. The smallest absolute Gasteiger partial charge is 0.236 e. The highest BCUT2D eigenvalue weighted by atomic mass is 16.2. The average Bonchev–Trinajstić information content (AvgIpc) is 3.30. The molecule has 0 unspecified atom stereocenters. The number of piperazine rings is 1. The van der Waals surface area contributed by atoms with Crippen LogP contribution >= 0.6 is 0 Å². The molecule has 0 saturated carbocycles. The second-order valence-corrected chi connectivity index (χ2v) is 8.79. The molecule has 3 aromatic rings. The third-order valence-electron chi connectivity index (χ3n) is 6.15. The second-order valence-electron chi connectivity index (χ2n) is 8.79. The molecule has 4 rings (SSSR count). The van der Waals surface area contributed by atoms with Crippen molar-refractivity contribution in [3.63, 3.8) is 0 Å². The van der Waals surface area contributed by atoms with Crippen LogP contribution in [-0.2, 0) is 4.79 Å². The number of aromatic nitrogens is 2. The van der Waals surface area contributed by atoms with Crippen LogP contribution in [0, 0.1) is 16.7 Å². The zero-order chi connectivity index (χ0) is 24.9. The Kier molecular flexibility index (Phi) is 7.13. The van der Waals surface area contributed by atoms with Crippen molar-refractivity contribution in [2.75, 3.05) is 58.8 Å². The summed E-state index contributed by atoms with van der Waals surface area (Å²) in [5, 5.41) is 24.8. The summed E-state index contributed by atoms with van der Waals surface area (Å²) in [6, 6.07) is 12.5. The number of rotatable bonds is 7. The van der Waals surface area contributed by atoms with Gasteiger partial charge in [-0.15, -0.1) is 0 Å². The number of fused-ring (bicyclic) bond motifs is 1. The Labute approximate surface area is 205 Å². The lowest BCUT2D eigenvalue weighted by Crippen LogP contribution is -2.50. The normalized spacial score (nSPS) is 14.3. The highest BCUT2D eigenvalue weighted by Gasteiger charge is 2.22. The summed E-state index contributed by atoms with van der Waals surface area (Å²) in [6.07, 6.45) is 6.46. The number of benzene rings is 1. The summed E-state index contributed by atoms with van der Waals surface area (Å²) in [6.45, 7) is 3.43. The number of nitrogens with one attached hydrogen (secondary N) is 2. The van der Waals surface area contributed by atoms with E-state index in [-0.39, 0.29) is 5.91 Å². The SMILES string of the molecule is CN/C=C(\C=N)c1cc(-c2ccc(N3CCN(C(=O)CN(C)C)CC3)cc2)c2c(C#N)cnn2c1. The van der Waals surface area contributed by atoms with Gasteiger partial charge in [0, 0.05) is 74.2 Å². The highest BCUT2D eigenvalue weighted by molar-refractivity contribution is 6.08. The first-order chi connectivity index (χ1) is 16.9. The number of amides is 1. The molecule has 0 atom stereocenters. The number of pyridine rings is 1. The molecule has 9 nitrogen and oxygen atoms in total. The Hall–Kier alpha value is -4.16. The number of carbonyl (C=O) groups excluding carboxylic acids is 1. The highest BCUT2D eigenvalue weighted by Crippen LogP contribution is 2.31. The maximum absolute atomic E-state index is 12.3. The van der Waals surface area contributed by atoms with Crippen molar-refractivity contribution in [3.8, 4) is 17.2 Å². The third-order valence-corrected chi connectivity index (χ3v) is 6.15. The summed E-state index contributed by atoms with van der Waals surface area (Å²) in [7, 11) is 5.61. The zero-order valence-electron chi connectivity index (χ0n) is 20.3. The molecule has 3 heterocycles. The van der Waals surface area contributed by atoms with Crippen molar-refractivity contribution < 1.29 is 4.79 Å². The molecule has 2 N–H and O–H groups in total. The van der Waals surface area contributed by atoms with Gasteiger partial charge in [0.2, 0.25) is 5.91 Å². The Morgan fingerprint density at radius 2 is 1.94 bits per heavy atom. The van der Waals surface area contributed by atoms with Crippen LogP contribution in [0.15, 0.2) is 48.9 Å². The Bertz CT molecular complexity index is 1290. The van der Waals surface area contributed by atoms with E-state index in [1.807, 2.05) is 36.2 Å². The van der Waals surface area contributed by atoms with Gasteiger partial charge in [-0.2, -0.15) is 10.4 Å². The molecule has 0 radical (unpaired) electrons. The van der Waals surface area contributed by atoms with Gasteiger partial charge >= 0.3 is 0 Å². The molecule has 0 spiro atoms. The molecule has 1 amide bonds. The number of likely N-dealkylation sites (N-methyl/N-ethyl adjacent to an activating group) is 1. The molecule has 1 aromatic carbocycles. The van der Waals surface area contributed by atoms with Crippen LogP contribution in [0.25, 0.3) is 22.2 Å². The third kappa shape index (κ3) is 5.03. The van der Waals surface area contributed by atoms with E-state index in [2.05, 4.69) is 45.7 Å². The van der Waals surface area contributed by atoms with Gasteiger partial charge in [0.25, 0.3) is 0 Å². The molecule has 1 aliphatic rings. The van der Waals surface area contributed by atoms with E-state index in [4.69, 9.17) is 5.41 Å². The van der Waals surface area contributed by atoms with E-state index in [1.54, 1.807) is 24.0 Å². The van der Waals surface area contributed by atoms with Crippen LogP contribution in [0.3, 0.4) is 0 Å². The molecular formula is C26H30N8O. The number of nitrogens with zero attached hydrogens (tertiary/aromatic N) is 6. The van der Waals surface area contributed by atoms with Crippen molar-refractivity contribution in [1.82, 2.24) is 24.7 Å². The zero-order valence-corrected chi connectivity index (χ0v) is 20.3. The van der Waals surface area contributed by atoms with E-state index >= 15 is 0 Å². The second kappa shape index (κ2) is 10.4. The van der Waals surface area contributed by atoms with Gasteiger partial charge in [0.15, 0.2) is 0 Å². The number of nitriles is 1. The molecule has 0 bridgehead atoms. The molecular weight excluding hydrogens is 440 g/mol. The van der Waals surface area contributed by atoms with Gasteiger partial charge in [-0.1, -0.05) is 12.1 Å². The quantitative estimate of drug-likeness (QED) is 0.514. The van der Waals surface area contributed by atoms with Crippen LogP contribution in [0.1, 0.15) is 11.1 Å². The topological polar surface area (TPSA) is 104 Å². The number of allylic oxidation sites excluding steroid dienone is 1. The standard InChI is InChI=1S/C26H30N8O/c1-29-15-21(13-27)20-12-24(26-22(14-28)16-30-34(26)17-20)19-4-6-23(7-5-19)32-8-10-33(11-9-32)25(35)18-31(2)3/h4-7,12-13,15-17,27,29H,8-11,18H2,1-3H3/b21-15+,27-13?. The van der Waals surface area contributed by atoms with Gasteiger partial charge in [-0.3, -0.25) is 4.79 Å². The lowest BCUT2D eigenvalue weighted by Gasteiger charge is -2.36. The van der Waals surface area contributed by atoms with Crippen LogP contribution in [0.4, 0.5) is 5.69 Å². The summed E-state index contributed by atoms with van der Waals surface area (Å²) >= 11 is 0. The molecule has 1 saturated heterocycles. The van der Waals surface area contributed by atoms with Gasteiger partial charge in [0.05, 0.1) is 23.8 Å². The summed E-state index contributed by atoms with van der Waals surface area (Å²) in [5.41, 5.74) is 5.73. The first-order valence-corrected chi connectivity index (χ1v) is 11.5. The molecule has 180 valence electrons. The number of hydrogen-bond donors (Lipinski definition) is 2. The van der Waals surface area contributed by atoms with Crippen molar-refractivity contribution in [1.29, 1.82) is 10.7 Å². The van der Waals surface area contributed by atoms with Crippen LogP contribution in [0.2, 0.25) is 0 Å². The molecule has 1 aliphatic heterocycles. The molecule has 1 fully saturated rings. The fraction of sp³-hybridized carbons (Fsp3) is 0.308. The van der Waals surface area contributed by atoms with Crippen molar-refractivity contribution in [2.24, 2.45) is 0 Å². The fourth-order valence-corrected chi connectivity index (χ4v) is 4.38. The molecule has 9 heteroatoms. The van der Waals surface area contributed by atoms with Crippen LogP contribution in [-0.4, -0.2) is 85.4 Å². The molecule has 0 aliphatic carbocycles. The first-order valence-electron chi connectivity index (χ1n) is 11.5. The Morgan fingerprint density at radius 3 is 2.54 bits per heavy atom. The largest absolute Gasteiger partial charge is 0.393 e.